The molecule has 12 heavy (non-hydrogen) atoms. The summed E-state index contributed by atoms with van der Waals surface area (Å²) in [5, 5.41) is 0. The Hall–Kier alpha value is -0.960. The van der Waals surface area contributed by atoms with Gasteiger partial charge in [-0.15, -0.1) is 0 Å². The summed E-state index contributed by atoms with van der Waals surface area (Å²) in [5.41, 5.74) is 7.01. The van der Waals surface area contributed by atoms with Gasteiger partial charge >= 0.3 is 0 Å². The van der Waals surface area contributed by atoms with Gasteiger partial charge in [0.1, 0.15) is 5.75 Å². The average molecular weight is 168 g/mol. The maximum Gasteiger partial charge on any atom is 0.141 e. The van der Waals surface area contributed by atoms with Gasteiger partial charge in [-0.25, -0.2) is 0 Å². The van der Waals surface area contributed by atoms with Gasteiger partial charge in [0, 0.05) is 24.0 Å². The van der Waals surface area contributed by atoms with Crippen molar-refractivity contribution in [3.63, 3.8) is 0 Å². The number of H-pyrrole nitrogens is 1. The van der Waals surface area contributed by atoms with Crippen LogP contribution in [0.1, 0.15) is 25.5 Å². The van der Waals surface area contributed by atoms with Crippen molar-refractivity contribution >= 4 is 0 Å². The molecular formula is C9H16N2O. The van der Waals surface area contributed by atoms with Crippen molar-refractivity contribution in [3.8, 4) is 5.75 Å². The Kier molecular flexibility index (Phi) is 2.76. The van der Waals surface area contributed by atoms with E-state index in [1.54, 1.807) is 7.11 Å². The maximum absolute atomic E-state index is 5.96. The van der Waals surface area contributed by atoms with Gasteiger partial charge < -0.3 is 15.5 Å². The fourth-order valence-corrected chi connectivity index (χ4v) is 1.16. The van der Waals surface area contributed by atoms with Gasteiger partial charge in [-0.3, -0.25) is 0 Å². The minimum absolute atomic E-state index is 0.0474. The molecule has 0 aliphatic heterocycles. The van der Waals surface area contributed by atoms with E-state index in [1.807, 2.05) is 12.4 Å². The lowest BCUT2D eigenvalue weighted by atomic mass is 9.99. The van der Waals surface area contributed by atoms with Crippen LogP contribution in [0.15, 0.2) is 12.4 Å². The molecule has 0 fully saturated rings. The van der Waals surface area contributed by atoms with Crippen molar-refractivity contribution in [2.45, 2.75) is 19.9 Å². The van der Waals surface area contributed by atoms with Gasteiger partial charge in [0.25, 0.3) is 0 Å². The smallest absolute Gasteiger partial charge is 0.141 e. The second kappa shape index (κ2) is 3.63. The molecule has 3 nitrogen and oxygen atoms in total. The van der Waals surface area contributed by atoms with Crippen molar-refractivity contribution in [2.24, 2.45) is 11.7 Å². The Bertz CT molecular complexity index is 242. The van der Waals surface area contributed by atoms with Crippen LogP contribution in [0, 0.1) is 5.92 Å². The molecule has 0 aliphatic rings. The van der Waals surface area contributed by atoms with E-state index in [1.165, 1.54) is 0 Å². The van der Waals surface area contributed by atoms with Crippen LogP contribution in [0.5, 0.6) is 5.75 Å². The highest BCUT2D eigenvalue weighted by molar-refractivity contribution is 5.32. The molecule has 3 N–H and O–H groups in total. The molecule has 68 valence electrons. The third-order valence-corrected chi connectivity index (χ3v) is 2.04. The lowest BCUT2D eigenvalue weighted by Crippen LogP contribution is -2.16. The van der Waals surface area contributed by atoms with Crippen LogP contribution >= 0.6 is 0 Å². The molecule has 0 aliphatic carbocycles. The van der Waals surface area contributed by atoms with Crippen LogP contribution in [0.25, 0.3) is 0 Å². The van der Waals surface area contributed by atoms with Gasteiger partial charge in [-0.2, -0.15) is 0 Å². The molecule has 0 amide bonds. The molecule has 0 bridgehead atoms. The lowest BCUT2D eigenvalue weighted by molar-refractivity contribution is 0.398. The topological polar surface area (TPSA) is 51.0 Å². The fourth-order valence-electron chi connectivity index (χ4n) is 1.16. The largest absolute Gasteiger partial charge is 0.495 e. The van der Waals surface area contributed by atoms with E-state index in [2.05, 4.69) is 18.8 Å². The van der Waals surface area contributed by atoms with E-state index in [9.17, 15) is 0 Å². The number of rotatable bonds is 3. The fraction of sp³-hybridized carbons (Fsp3) is 0.556. The first-order chi connectivity index (χ1) is 5.66. The van der Waals surface area contributed by atoms with Crippen LogP contribution in [-0.4, -0.2) is 12.1 Å². The average Bonchev–Trinajstić information content (AvgIpc) is 2.49. The number of nitrogens with two attached hydrogens (primary N) is 1. The van der Waals surface area contributed by atoms with Crippen molar-refractivity contribution in [1.29, 1.82) is 0 Å². The molecule has 1 aromatic rings. The summed E-state index contributed by atoms with van der Waals surface area (Å²) in [7, 11) is 1.65. The van der Waals surface area contributed by atoms with E-state index in [0.29, 0.717) is 5.92 Å². The highest BCUT2D eigenvalue weighted by Crippen LogP contribution is 2.27. The molecule has 1 rings (SSSR count). The van der Waals surface area contributed by atoms with Crippen LogP contribution in [0.2, 0.25) is 0 Å². The van der Waals surface area contributed by atoms with E-state index < -0.39 is 0 Å². The predicted octanol–water partition coefficient (Wildman–Crippen LogP) is 1.68. The Morgan fingerprint density at radius 3 is 2.58 bits per heavy atom. The third kappa shape index (κ3) is 1.61. The zero-order valence-electron chi connectivity index (χ0n) is 7.79. The number of methoxy groups -OCH3 is 1. The van der Waals surface area contributed by atoms with E-state index >= 15 is 0 Å². The summed E-state index contributed by atoms with van der Waals surface area (Å²) in [5.74, 6) is 1.27. The molecule has 3 heteroatoms. The van der Waals surface area contributed by atoms with Crippen LogP contribution in [0.3, 0.4) is 0 Å². The molecule has 0 spiro atoms. The number of aromatic amines is 1. The first-order valence-corrected chi connectivity index (χ1v) is 4.13. The third-order valence-electron chi connectivity index (χ3n) is 2.04. The lowest BCUT2D eigenvalue weighted by Gasteiger charge is -2.15. The molecule has 0 saturated carbocycles. The van der Waals surface area contributed by atoms with Crippen molar-refractivity contribution in [1.82, 2.24) is 4.98 Å². The quantitative estimate of drug-likeness (QED) is 0.721. The summed E-state index contributed by atoms with van der Waals surface area (Å²) in [6.45, 7) is 4.19. The molecule has 0 aromatic carbocycles. The van der Waals surface area contributed by atoms with Crippen LogP contribution in [0.4, 0.5) is 0 Å². The van der Waals surface area contributed by atoms with Crippen molar-refractivity contribution < 1.29 is 4.74 Å². The zero-order chi connectivity index (χ0) is 9.14. The second-order valence-electron chi connectivity index (χ2n) is 3.25. The number of aromatic nitrogens is 1. The Labute approximate surface area is 72.9 Å². The number of nitrogens with one attached hydrogen (secondary N) is 1. The summed E-state index contributed by atoms with van der Waals surface area (Å²) in [6, 6.07) is 0.0474. The number of hydrogen-bond acceptors (Lipinski definition) is 2. The molecule has 1 aromatic heterocycles. The minimum Gasteiger partial charge on any atom is -0.495 e. The SMILES string of the molecule is COc1c[nH]cc1C(N)C(C)C. The molecule has 0 saturated heterocycles. The minimum atomic E-state index is 0.0474. The monoisotopic (exact) mass is 168 g/mol. The van der Waals surface area contributed by atoms with Gasteiger partial charge in [-0.1, -0.05) is 13.8 Å². The van der Waals surface area contributed by atoms with Gasteiger partial charge in [-0.05, 0) is 5.92 Å². The van der Waals surface area contributed by atoms with Crippen LogP contribution in [-0.2, 0) is 0 Å². The van der Waals surface area contributed by atoms with Crippen molar-refractivity contribution in [3.05, 3.63) is 18.0 Å². The maximum atomic E-state index is 5.96. The standard InChI is InChI=1S/C9H16N2O/c1-6(2)9(10)7-4-11-5-8(7)12-3/h4-6,9,11H,10H2,1-3H3. The summed E-state index contributed by atoms with van der Waals surface area (Å²) in [4.78, 5) is 2.98. The Morgan fingerprint density at radius 1 is 1.42 bits per heavy atom. The van der Waals surface area contributed by atoms with Gasteiger partial charge in [0.2, 0.25) is 0 Å². The summed E-state index contributed by atoms with van der Waals surface area (Å²) < 4.78 is 5.15. The number of ether oxygens (including phenoxy) is 1. The summed E-state index contributed by atoms with van der Waals surface area (Å²) in [6.07, 6.45) is 3.71. The highest BCUT2D eigenvalue weighted by atomic mass is 16.5. The Balaban J connectivity index is 2.86. The molecule has 0 radical (unpaired) electrons. The van der Waals surface area contributed by atoms with Gasteiger partial charge in [0.05, 0.1) is 7.11 Å². The first-order valence-electron chi connectivity index (χ1n) is 4.13. The second-order valence-corrected chi connectivity index (χ2v) is 3.25. The van der Waals surface area contributed by atoms with Crippen molar-refractivity contribution in [2.75, 3.05) is 7.11 Å². The molecule has 1 heterocycles. The van der Waals surface area contributed by atoms with Crippen LogP contribution < -0.4 is 10.5 Å². The molecular weight excluding hydrogens is 152 g/mol. The number of hydrogen-bond donors (Lipinski definition) is 2. The molecule has 1 atom stereocenters. The normalized spacial score (nSPS) is 13.4. The van der Waals surface area contributed by atoms with Gasteiger partial charge in [0.15, 0.2) is 0 Å². The highest BCUT2D eigenvalue weighted by Gasteiger charge is 2.15. The predicted molar refractivity (Wildman–Crippen MR) is 49.1 cm³/mol. The van der Waals surface area contributed by atoms with E-state index in [-0.39, 0.29) is 6.04 Å². The first kappa shape index (κ1) is 9.13. The molecule has 1 unspecified atom stereocenters. The Morgan fingerprint density at radius 2 is 2.08 bits per heavy atom. The zero-order valence-corrected chi connectivity index (χ0v) is 7.79. The summed E-state index contributed by atoms with van der Waals surface area (Å²) >= 11 is 0. The van der Waals surface area contributed by atoms with E-state index in [4.69, 9.17) is 10.5 Å². The van der Waals surface area contributed by atoms with E-state index in [0.717, 1.165) is 11.3 Å².